The first kappa shape index (κ1) is 21.7. The van der Waals surface area contributed by atoms with Crippen LogP contribution < -0.4 is 5.32 Å². The Morgan fingerprint density at radius 3 is 2.79 bits per heavy atom. The smallest absolute Gasteiger partial charge is 0.194 e. The van der Waals surface area contributed by atoms with Crippen LogP contribution in [0.2, 0.25) is 0 Å². The molecule has 2 unspecified atom stereocenters. The number of nitrogens with zero attached hydrogens (tertiary/aromatic N) is 5. The quantitative estimate of drug-likeness (QED) is 0.468. The Morgan fingerprint density at radius 1 is 1.12 bits per heavy atom. The van der Waals surface area contributed by atoms with Crippen LogP contribution in [-0.2, 0) is 17.8 Å². The minimum absolute atomic E-state index is 0.213. The molecule has 7 heteroatoms. The molecule has 2 atom stereocenters. The highest BCUT2D eigenvalue weighted by molar-refractivity contribution is 5.80. The highest BCUT2D eigenvalue weighted by Gasteiger charge is 2.41. The maximum atomic E-state index is 6.18. The van der Waals surface area contributed by atoms with Gasteiger partial charge in [0.2, 0.25) is 0 Å². The number of likely N-dealkylation sites (tertiary alicyclic amines) is 1. The molecule has 1 N–H and O–H groups in total. The first-order chi connectivity index (χ1) is 16.3. The van der Waals surface area contributed by atoms with Gasteiger partial charge < -0.3 is 19.5 Å². The fraction of sp³-hybridized carbons (Fsp3) is 0.385. The third kappa shape index (κ3) is 4.94. The van der Waals surface area contributed by atoms with E-state index in [9.17, 15) is 0 Å². The van der Waals surface area contributed by atoms with Crippen LogP contribution in [0.15, 0.2) is 78.3 Å². The van der Waals surface area contributed by atoms with Crippen molar-refractivity contribution >= 4 is 5.96 Å². The van der Waals surface area contributed by atoms with Gasteiger partial charge in [0.1, 0.15) is 0 Å². The number of aliphatic imine (C=N–C) groups is 1. The topological polar surface area (TPSA) is 57.9 Å². The highest BCUT2D eigenvalue weighted by atomic mass is 16.5. The van der Waals surface area contributed by atoms with E-state index in [0.29, 0.717) is 12.6 Å². The lowest BCUT2D eigenvalue weighted by atomic mass is 10.1. The number of para-hydroxylation sites is 1. The summed E-state index contributed by atoms with van der Waals surface area (Å²) < 4.78 is 8.22. The Labute approximate surface area is 195 Å². The van der Waals surface area contributed by atoms with Crippen molar-refractivity contribution in [3.63, 3.8) is 0 Å². The Hall–Kier alpha value is -3.16. The summed E-state index contributed by atoms with van der Waals surface area (Å²) in [7, 11) is 0. The molecule has 2 aliphatic rings. The predicted molar refractivity (Wildman–Crippen MR) is 130 cm³/mol. The van der Waals surface area contributed by atoms with Crippen LogP contribution in [0.4, 0.5) is 0 Å². The van der Waals surface area contributed by atoms with Crippen molar-refractivity contribution in [3.05, 3.63) is 84.4 Å². The Morgan fingerprint density at radius 2 is 1.97 bits per heavy atom. The number of hydrogen-bond acceptors (Lipinski definition) is 4. The van der Waals surface area contributed by atoms with Gasteiger partial charge in [0, 0.05) is 45.1 Å². The number of hydrogen-bond donors (Lipinski definition) is 1. The summed E-state index contributed by atoms with van der Waals surface area (Å²) in [5.74, 6) is 0.954. The first-order valence-electron chi connectivity index (χ1n) is 11.8. The molecule has 0 bridgehead atoms. The van der Waals surface area contributed by atoms with Gasteiger partial charge in [-0.15, -0.1) is 0 Å². The number of nitrogens with one attached hydrogen (secondary N) is 1. The lowest BCUT2D eigenvalue weighted by Gasteiger charge is -2.36. The average Bonchev–Trinajstić information content (AvgIpc) is 3.53. The molecule has 2 aromatic carbocycles. The molecule has 0 radical (unpaired) electrons. The van der Waals surface area contributed by atoms with Gasteiger partial charge >= 0.3 is 0 Å². The number of aromatic nitrogens is 2. The van der Waals surface area contributed by atoms with E-state index in [2.05, 4.69) is 81.6 Å². The van der Waals surface area contributed by atoms with E-state index in [4.69, 9.17) is 9.73 Å². The minimum Gasteiger partial charge on any atom is -0.373 e. The number of rotatable bonds is 6. The van der Waals surface area contributed by atoms with Crippen LogP contribution in [0.25, 0.3) is 5.69 Å². The van der Waals surface area contributed by atoms with Crippen molar-refractivity contribution in [2.45, 2.75) is 32.2 Å². The summed E-state index contributed by atoms with van der Waals surface area (Å²) in [6.07, 6.45) is 5.82. The molecule has 3 heterocycles. The van der Waals surface area contributed by atoms with Gasteiger partial charge in [-0.1, -0.05) is 48.5 Å². The van der Waals surface area contributed by atoms with Crippen molar-refractivity contribution in [2.75, 3.05) is 32.8 Å². The van der Waals surface area contributed by atoms with E-state index in [-0.39, 0.29) is 6.10 Å². The number of benzene rings is 2. The molecule has 172 valence electrons. The predicted octanol–water partition coefficient (Wildman–Crippen LogP) is 2.92. The number of imidazole rings is 1. The molecule has 7 nitrogen and oxygen atoms in total. The number of guanidine groups is 1. The summed E-state index contributed by atoms with van der Waals surface area (Å²) in [5, 5.41) is 3.51. The molecule has 0 saturated carbocycles. The zero-order valence-corrected chi connectivity index (χ0v) is 19.2. The summed E-state index contributed by atoms with van der Waals surface area (Å²) in [5.41, 5.74) is 3.64. The second kappa shape index (κ2) is 10.2. The standard InChI is InChI=1S/C26H32N6O/c1-2-28-26(29-16-22-10-6-7-11-23(22)31-13-12-27-20-31)32-18-24-25(19-32)33-15-14-30(24)17-21-8-4-3-5-9-21/h3-13,20,24-25H,2,14-19H2,1H3,(H,28,29). The molecular weight excluding hydrogens is 412 g/mol. The number of ether oxygens (including phenoxy) is 1. The maximum absolute atomic E-state index is 6.18. The second-order valence-corrected chi connectivity index (χ2v) is 8.61. The van der Waals surface area contributed by atoms with Crippen LogP contribution in [-0.4, -0.2) is 70.2 Å². The van der Waals surface area contributed by atoms with E-state index >= 15 is 0 Å². The average molecular weight is 445 g/mol. The van der Waals surface area contributed by atoms with E-state index in [1.54, 1.807) is 6.20 Å². The van der Waals surface area contributed by atoms with Crippen molar-refractivity contribution in [1.29, 1.82) is 0 Å². The van der Waals surface area contributed by atoms with Gasteiger partial charge in [-0.05, 0) is 24.1 Å². The van der Waals surface area contributed by atoms with Gasteiger partial charge in [0.15, 0.2) is 5.96 Å². The molecule has 2 fully saturated rings. The largest absolute Gasteiger partial charge is 0.373 e. The molecule has 0 spiro atoms. The zero-order valence-electron chi connectivity index (χ0n) is 19.2. The summed E-state index contributed by atoms with van der Waals surface area (Å²) in [6, 6.07) is 19.5. The van der Waals surface area contributed by atoms with Gasteiger partial charge in [0.05, 0.1) is 37.3 Å². The molecule has 2 aliphatic heterocycles. The van der Waals surface area contributed by atoms with Crippen LogP contribution in [0, 0.1) is 0 Å². The monoisotopic (exact) mass is 444 g/mol. The molecule has 0 aliphatic carbocycles. The fourth-order valence-corrected chi connectivity index (χ4v) is 4.83. The minimum atomic E-state index is 0.213. The maximum Gasteiger partial charge on any atom is 0.194 e. The van der Waals surface area contributed by atoms with E-state index in [1.165, 1.54) is 11.1 Å². The Bertz CT molecular complexity index is 1050. The third-order valence-electron chi connectivity index (χ3n) is 6.45. The molecule has 3 aromatic rings. The summed E-state index contributed by atoms with van der Waals surface area (Å²) in [4.78, 5) is 14.2. The lowest BCUT2D eigenvalue weighted by molar-refractivity contribution is -0.0502. The van der Waals surface area contributed by atoms with Crippen molar-refractivity contribution < 1.29 is 4.74 Å². The van der Waals surface area contributed by atoms with Crippen molar-refractivity contribution in [3.8, 4) is 5.69 Å². The van der Waals surface area contributed by atoms with Crippen molar-refractivity contribution in [2.24, 2.45) is 4.99 Å². The molecule has 1 aromatic heterocycles. The summed E-state index contributed by atoms with van der Waals surface area (Å²) in [6.45, 7) is 8.07. The normalized spacial score (nSPS) is 21.2. The van der Waals surface area contributed by atoms with Gasteiger partial charge in [-0.25, -0.2) is 9.98 Å². The number of fused-ring (bicyclic) bond motifs is 1. The molecule has 5 rings (SSSR count). The van der Waals surface area contributed by atoms with Gasteiger partial charge in [0.25, 0.3) is 0 Å². The van der Waals surface area contributed by atoms with Crippen LogP contribution in [0.3, 0.4) is 0 Å². The van der Waals surface area contributed by atoms with E-state index in [0.717, 1.165) is 51.0 Å². The van der Waals surface area contributed by atoms with Crippen LogP contribution >= 0.6 is 0 Å². The van der Waals surface area contributed by atoms with Crippen LogP contribution in [0.1, 0.15) is 18.1 Å². The first-order valence-corrected chi connectivity index (χ1v) is 11.8. The summed E-state index contributed by atoms with van der Waals surface area (Å²) >= 11 is 0. The Balaban J connectivity index is 1.32. The molecular formula is C26H32N6O. The molecule has 33 heavy (non-hydrogen) atoms. The Kier molecular flexibility index (Phi) is 6.69. The third-order valence-corrected chi connectivity index (χ3v) is 6.45. The van der Waals surface area contributed by atoms with E-state index in [1.807, 2.05) is 17.1 Å². The van der Waals surface area contributed by atoms with Crippen LogP contribution in [0.5, 0.6) is 0 Å². The molecule has 2 saturated heterocycles. The van der Waals surface area contributed by atoms with E-state index < -0.39 is 0 Å². The van der Waals surface area contributed by atoms with Gasteiger partial charge in [-0.2, -0.15) is 0 Å². The second-order valence-electron chi connectivity index (χ2n) is 8.61. The van der Waals surface area contributed by atoms with Gasteiger partial charge in [-0.3, -0.25) is 4.90 Å². The lowest BCUT2D eigenvalue weighted by Crippen LogP contribution is -2.50. The SMILES string of the molecule is CCNC(=NCc1ccccc1-n1ccnc1)N1CC2OCCN(Cc3ccccc3)C2C1. The fourth-order valence-electron chi connectivity index (χ4n) is 4.83. The molecule has 0 amide bonds. The highest BCUT2D eigenvalue weighted by Crippen LogP contribution is 2.25. The van der Waals surface area contributed by atoms with Crippen molar-refractivity contribution in [1.82, 2.24) is 24.7 Å². The zero-order chi connectivity index (χ0) is 22.5. The number of morpholine rings is 1.